The average molecular weight is 342 g/mol. The Balaban J connectivity index is 1.54. The maximum absolute atomic E-state index is 13.1. The molecule has 2 aliphatic heterocycles. The number of fused-ring (bicyclic) bond motifs is 1. The molecule has 4 rings (SSSR count). The highest BCUT2D eigenvalue weighted by Crippen LogP contribution is 2.54. The van der Waals surface area contributed by atoms with E-state index in [0.29, 0.717) is 32.0 Å². The second-order valence-electron chi connectivity index (χ2n) is 6.74. The number of rotatable bonds is 4. The number of hydrogen-bond acceptors (Lipinski definition) is 5. The van der Waals surface area contributed by atoms with Crippen LogP contribution >= 0.6 is 0 Å². The molecule has 1 saturated carbocycles. The molecule has 24 heavy (non-hydrogen) atoms. The van der Waals surface area contributed by atoms with E-state index in [1.54, 1.807) is 4.90 Å². The van der Waals surface area contributed by atoms with Crippen molar-refractivity contribution in [3.05, 3.63) is 11.8 Å². The van der Waals surface area contributed by atoms with Crippen LogP contribution < -0.4 is 9.80 Å². The standard InChI is InChI=1S/C15H17F3N4O2/c16-15(17,18)11-5-12(20-14(19-11)21-2-1-3-21)22-6-9-8(4-13(23)24)10(9)7-22/h5,8-10H,1-4,6-7H2,(H,23,24). The summed E-state index contributed by atoms with van der Waals surface area (Å²) in [7, 11) is 0. The summed E-state index contributed by atoms with van der Waals surface area (Å²) < 4.78 is 39.4. The summed E-state index contributed by atoms with van der Waals surface area (Å²) in [6, 6.07) is 1.00. The number of aliphatic carboxylic acids is 1. The summed E-state index contributed by atoms with van der Waals surface area (Å²) in [6.07, 6.45) is -3.44. The van der Waals surface area contributed by atoms with Gasteiger partial charge in [0.05, 0.1) is 0 Å². The van der Waals surface area contributed by atoms with Crippen molar-refractivity contribution in [1.82, 2.24) is 9.97 Å². The largest absolute Gasteiger partial charge is 0.481 e. The first kappa shape index (κ1) is 15.5. The third-order valence-corrected chi connectivity index (χ3v) is 5.24. The Bertz CT molecular complexity index is 665. The van der Waals surface area contributed by atoms with Gasteiger partial charge in [-0.15, -0.1) is 0 Å². The molecule has 6 nitrogen and oxygen atoms in total. The molecule has 1 aromatic heterocycles. The van der Waals surface area contributed by atoms with E-state index in [9.17, 15) is 18.0 Å². The molecule has 2 atom stereocenters. The van der Waals surface area contributed by atoms with Crippen LogP contribution in [0.2, 0.25) is 0 Å². The lowest BCUT2D eigenvalue weighted by Crippen LogP contribution is -2.39. The van der Waals surface area contributed by atoms with Crippen LogP contribution in [0.1, 0.15) is 18.5 Å². The average Bonchev–Trinajstić information content (AvgIpc) is 2.89. The number of hydrogen-bond donors (Lipinski definition) is 1. The van der Waals surface area contributed by atoms with Gasteiger partial charge in [0.15, 0.2) is 5.69 Å². The predicted molar refractivity (Wildman–Crippen MR) is 78.8 cm³/mol. The Morgan fingerprint density at radius 1 is 1.21 bits per heavy atom. The quantitative estimate of drug-likeness (QED) is 0.901. The minimum atomic E-state index is -4.51. The lowest BCUT2D eigenvalue weighted by Gasteiger charge is -2.32. The lowest BCUT2D eigenvalue weighted by molar-refractivity contribution is -0.141. The number of carbonyl (C=O) groups is 1. The Morgan fingerprint density at radius 3 is 2.38 bits per heavy atom. The van der Waals surface area contributed by atoms with Crippen molar-refractivity contribution in [3.8, 4) is 0 Å². The van der Waals surface area contributed by atoms with Crippen LogP contribution in [-0.2, 0) is 11.0 Å². The third kappa shape index (κ3) is 2.65. The van der Waals surface area contributed by atoms with E-state index in [0.717, 1.165) is 12.5 Å². The van der Waals surface area contributed by atoms with Gasteiger partial charge in [0.1, 0.15) is 5.82 Å². The summed E-state index contributed by atoms with van der Waals surface area (Å²) in [5, 5.41) is 8.85. The number of piperidine rings is 1. The zero-order chi connectivity index (χ0) is 17.1. The lowest BCUT2D eigenvalue weighted by atomic mass is 10.2. The third-order valence-electron chi connectivity index (χ3n) is 5.24. The van der Waals surface area contributed by atoms with Crippen molar-refractivity contribution in [2.24, 2.45) is 17.8 Å². The van der Waals surface area contributed by atoms with Crippen molar-refractivity contribution in [1.29, 1.82) is 0 Å². The fraction of sp³-hybridized carbons (Fsp3) is 0.667. The van der Waals surface area contributed by atoms with Gasteiger partial charge in [0.25, 0.3) is 0 Å². The van der Waals surface area contributed by atoms with E-state index in [1.807, 2.05) is 4.90 Å². The Labute approximate surface area is 136 Å². The van der Waals surface area contributed by atoms with E-state index in [-0.39, 0.29) is 30.1 Å². The van der Waals surface area contributed by atoms with Gasteiger partial charge in [-0.3, -0.25) is 4.79 Å². The summed E-state index contributed by atoms with van der Waals surface area (Å²) in [5.41, 5.74) is -0.919. The van der Waals surface area contributed by atoms with Crippen molar-refractivity contribution in [3.63, 3.8) is 0 Å². The second kappa shape index (κ2) is 5.22. The maximum Gasteiger partial charge on any atom is 0.433 e. The molecule has 3 aliphatic rings. The maximum atomic E-state index is 13.1. The fourth-order valence-corrected chi connectivity index (χ4v) is 3.73. The first-order chi connectivity index (χ1) is 11.3. The first-order valence-electron chi connectivity index (χ1n) is 8.01. The Hall–Kier alpha value is -2.06. The van der Waals surface area contributed by atoms with E-state index >= 15 is 0 Å². The molecule has 0 radical (unpaired) electrons. The Kier molecular flexibility index (Phi) is 3.36. The van der Waals surface area contributed by atoms with Gasteiger partial charge in [-0.25, -0.2) is 4.98 Å². The molecule has 0 aromatic carbocycles. The number of carboxylic acids is 1. The minimum Gasteiger partial charge on any atom is -0.481 e. The highest BCUT2D eigenvalue weighted by Gasteiger charge is 2.56. The molecule has 1 aromatic rings. The SMILES string of the molecule is O=C(O)CC1C2CN(c3cc(C(F)(F)F)nc(N4CCC4)n3)CC12. The topological polar surface area (TPSA) is 69.6 Å². The van der Waals surface area contributed by atoms with Crippen LogP contribution in [0.3, 0.4) is 0 Å². The van der Waals surface area contributed by atoms with Crippen molar-refractivity contribution < 1.29 is 23.1 Å². The molecule has 2 unspecified atom stereocenters. The number of nitrogens with zero attached hydrogens (tertiary/aromatic N) is 4. The van der Waals surface area contributed by atoms with E-state index in [4.69, 9.17) is 5.11 Å². The van der Waals surface area contributed by atoms with E-state index < -0.39 is 17.8 Å². The van der Waals surface area contributed by atoms with Gasteiger partial charge < -0.3 is 14.9 Å². The zero-order valence-corrected chi connectivity index (χ0v) is 12.8. The van der Waals surface area contributed by atoms with Gasteiger partial charge in [-0.05, 0) is 24.2 Å². The van der Waals surface area contributed by atoms with Gasteiger partial charge >= 0.3 is 12.1 Å². The van der Waals surface area contributed by atoms with Gasteiger partial charge in [0.2, 0.25) is 5.95 Å². The summed E-state index contributed by atoms with van der Waals surface area (Å²) >= 11 is 0. The molecular weight excluding hydrogens is 325 g/mol. The number of alkyl halides is 3. The van der Waals surface area contributed by atoms with Crippen molar-refractivity contribution in [2.45, 2.75) is 19.0 Å². The van der Waals surface area contributed by atoms with Gasteiger partial charge in [-0.2, -0.15) is 18.2 Å². The zero-order valence-electron chi connectivity index (χ0n) is 12.8. The van der Waals surface area contributed by atoms with Crippen LogP contribution in [-0.4, -0.2) is 47.2 Å². The summed E-state index contributed by atoms with van der Waals surface area (Å²) in [4.78, 5) is 22.3. The predicted octanol–water partition coefficient (Wildman–Crippen LogP) is 1.86. The van der Waals surface area contributed by atoms with Crippen molar-refractivity contribution in [2.75, 3.05) is 36.0 Å². The van der Waals surface area contributed by atoms with Crippen LogP contribution in [0.15, 0.2) is 6.07 Å². The summed E-state index contributed by atoms with van der Waals surface area (Å²) in [6.45, 7) is 2.48. The molecular formula is C15H17F3N4O2. The van der Waals surface area contributed by atoms with E-state index in [1.165, 1.54) is 0 Å². The number of carboxylic acid groups (broad SMARTS) is 1. The van der Waals surface area contributed by atoms with E-state index in [2.05, 4.69) is 9.97 Å². The fourth-order valence-electron chi connectivity index (χ4n) is 3.73. The van der Waals surface area contributed by atoms with Gasteiger partial charge in [-0.1, -0.05) is 0 Å². The molecule has 1 N–H and O–H groups in total. The number of anilines is 2. The minimum absolute atomic E-state index is 0.133. The molecule has 2 saturated heterocycles. The Morgan fingerprint density at radius 2 is 1.88 bits per heavy atom. The highest BCUT2D eigenvalue weighted by molar-refractivity contribution is 5.68. The molecule has 0 spiro atoms. The monoisotopic (exact) mass is 342 g/mol. The second-order valence-corrected chi connectivity index (χ2v) is 6.74. The normalized spacial score (nSPS) is 28.5. The molecule has 1 aliphatic carbocycles. The number of halogens is 3. The van der Waals surface area contributed by atoms with Crippen LogP contribution in [0.25, 0.3) is 0 Å². The molecule has 0 amide bonds. The first-order valence-corrected chi connectivity index (χ1v) is 8.01. The molecule has 0 bridgehead atoms. The molecule has 3 fully saturated rings. The summed E-state index contributed by atoms with van der Waals surface area (Å²) in [5.74, 6) is 0.255. The molecule has 130 valence electrons. The molecule has 9 heteroatoms. The number of aromatic nitrogens is 2. The van der Waals surface area contributed by atoms with Gasteiger partial charge in [0, 0.05) is 38.7 Å². The van der Waals surface area contributed by atoms with Crippen molar-refractivity contribution >= 4 is 17.7 Å². The van der Waals surface area contributed by atoms with Crippen LogP contribution in [0, 0.1) is 17.8 Å². The van der Waals surface area contributed by atoms with Crippen LogP contribution in [0.5, 0.6) is 0 Å². The smallest absolute Gasteiger partial charge is 0.433 e. The molecule has 3 heterocycles. The van der Waals surface area contributed by atoms with Crippen LogP contribution in [0.4, 0.5) is 24.9 Å². The highest BCUT2D eigenvalue weighted by atomic mass is 19.4.